The number of hydrogen-bond donors (Lipinski definition) is 1. The molecule has 0 spiro atoms. The normalized spacial score (nSPS) is 13.5. The number of ether oxygens (including phenoxy) is 2. The van der Waals surface area contributed by atoms with Gasteiger partial charge in [-0.05, 0) is 52.5 Å². The van der Waals surface area contributed by atoms with E-state index in [1.807, 2.05) is 19.9 Å². The second-order valence-electron chi connectivity index (χ2n) is 7.85. The summed E-state index contributed by atoms with van der Waals surface area (Å²) in [6.07, 6.45) is 4.17. The van der Waals surface area contributed by atoms with Crippen molar-refractivity contribution < 1.29 is 24.2 Å². The molecule has 160 valence electrons. The number of esters is 1. The molecule has 1 aliphatic rings. The molecule has 1 aromatic rings. The first kappa shape index (κ1) is 22.8. The average Bonchev–Trinajstić information content (AvgIpc) is 3.05. The maximum absolute atomic E-state index is 12.7. The summed E-state index contributed by atoms with van der Waals surface area (Å²) in [5.41, 5.74) is 5.34. The van der Waals surface area contributed by atoms with E-state index in [-0.39, 0.29) is 25.0 Å². The molecule has 1 aliphatic heterocycles. The predicted molar refractivity (Wildman–Crippen MR) is 114 cm³/mol. The van der Waals surface area contributed by atoms with Crippen LogP contribution in [0.1, 0.15) is 74.0 Å². The van der Waals surface area contributed by atoms with Gasteiger partial charge >= 0.3 is 11.9 Å². The third kappa shape index (κ3) is 4.92. The van der Waals surface area contributed by atoms with Crippen LogP contribution in [0.3, 0.4) is 0 Å². The maximum atomic E-state index is 12.7. The smallest absolute Gasteiger partial charge is 0.341 e. The van der Waals surface area contributed by atoms with Crippen LogP contribution in [-0.4, -0.2) is 36.7 Å². The Kier molecular flexibility index (Phi) is 7.71. The van der Waals surface area contributed by atoms with Gasteiger partial charge in [0.05, 0.1) is 18.4 Å². The van der Waals surface area contributed by atoms with Crippen LogP contribution in [0.2, 0.25) is 0 Å². The fourth-order valence-electron chi connectivity index (χ4n) is 3.90. The molecular formula is C23H33NO5. The molecule has 0 fully saturated rings. The number of rotatable bonds is 10. The molecular weight excluding hydrogens is 370 g/mol. The number of hydrogen-bond acceptors (Lipinski definition) is 5. The molecule has 2 rings (SSSR count). The molecule has 6 nitrogen and oxygen atoms in total. The molecule has 0 saturated heterocycles. The zero-order valence-corrected chi connectivity index (χ0v) is 18.4. The third-order valence-corrected chi connectivity index (χ3v) is 5.41. The number of fused-ring (bicyclic) bond motifs is 1. The Hall–Kier alpha value is -2.50. The van der Waals surface area contributed by atoms with Crippen molar-refractivity contribution in [2.45, 2.75) is 73.0 Å². The number of carboxylic acid groups (broad SMARTS) is 1. The van der Waals surface area contributed by atoms with Gasteiger partial charge in [-0.15, -0.1) is 0 Å². The number of allylic oxidation sites excluding steroid dienone is 2. The minimum atomic E-state index is -0.805. The van der Waals surface area contributed by atoms with Crippen LogP contribution in [0.25, 0.3) is 0 Å². The molecule has 0 aromatic heterocycles. The number of carbonyl (C=O) groups is 2. The molecule has 6 heteroatoms. The van der Waals surface area contributed by atoms with Crippen molar-refractivity contribution in [1.29, 1.82) is 0 Å². The van der Waals surface area contributed by atoms with Crippen LogP contribution in [0.5, 0.6) is 5.75 Å². The lowest BCUT2D eigenvalue weighted by atomic mass is 9.92. The van der Waals surface area contributed by atoms with E-state index in [4.69, 9.17) is 14.6 Å². The Labute approximate surface area is 173 Å². The summed E-state index contributed by atoms with van der Waals surface area (Å²) in [5, 5.41) is 8.93. The number of carboxylic acids is 1. The summed E-state index contributed by atoms with van der Waals surface area (Å²) >= 11 is 0. The van der Waals surface area contributed by atoms with Crippen molar-refractivity contribution in [1.82, 2.24) is 0 Å². The Morgan fingerprint density at radius 3 is 2.59 bits per heavy atom. The van der Waals surface area contributed by atoms with Gasteiger partial charge in [0.2, 0.25) is 0 Å². The number of aliphatic carboxylic acids is 1. The summed E-state index contributed by atoms with van der Waals surface area (Å²) in [6, 6.07) is 0.204. The van der Waals surface area contributed by atoms with Crippen molar-refractivity contribution in [3.05, 3.63) is 33.9 Å². The topological polar surface area (TPSA) is 76.1 Å². The summed E-state index contributed by atoms with van der Waals surface area (Å²) in [7, 11) is 1.65. The third-order valence-electron chi connectivity index (χ3n) is 5.41. The lowest BCUT2D eigenvalue weighted by Crippen LogP contribution is -2.34. The van der Waals surface area contributed by atoms with Gasteiger partial charge in [-0.3, -0.25) is 4.79 Å². The summed E-state index contributed by atoms with van der Waals surface area (Å²) in [6.45, 7) is 11.4. The SMILES string of the molecule is CCCN(c1c(C/C=C(\C)CCC(=O)O)c(OC)c(C)c2c1C(=O)OC2)C(C)C. The van der Waals surface area contributed by atoms with E-state index in [1.165, 1.54) is 0 Å². The number of anilines is 1. The summed E-state index contributed by atoms with van der Waals surface area (Å²) < 4.78 is 11.2. The Bertz CT molecular complexity index is 810. The van der Waals surface area contributed by atoms with Gasteiger partial charge in [0.25, 0.3) is 0 Å². The molecule has 29 heavy (non-hydrogen) atoms. The molecule has 1 heterocycles. The lowest BCUT2D eigenvalue weighted by Gasteiger charge is -2.33. The maximum Gasteiger partial charge on any atom is 0.341 e. The van der Waals surface area contributed by atoms with E-state index in [9.17, 15) is 9.59 Å². The Morgan fingerprint density at radius 1 is 1.34 bits per heavy atom. The number of benzene rings is 1. The zero-order valence-electron chi connectivity index (χ0n) is 18.4. The minimum Gasteiger partial charge on any atom is -0.496 e. The molecule has 0 radical (unpaired) electrons. The van der Waals surface area contributed by atoms with Crippen LogP contribution in [0, 0.1) is 6.92 Å². The van der Waals surface area contributed by atoms with Crippen LogP contribution >= 0.6 is 0 Å². The first-order chi connectivity index (χ1) is 13.7. The molecule has 0 atom stereocenters. The predicted octanol–water partition coefficient (Wildman–Crippen LogP) is 4.65. The van der Waals surface area contributed by atoms with Crippen LogP contribution in [0.4, 0.5) is 5.69 Å². The first-order valence-corrected chi connectivity index (χ1v) is 10.3. The van der Waals surface area contributed by atoms with E-state index in [0.717, 1.165) is 46.7 Å². The average molecular weight is 404 g/mol. The van der Waals surface area contributed by atoms with Crippen molar-refractivity contribution in [3.8, 4) is 5.75 Å². The van der Waals surface area contributed by atoms with E-state index >= 15 is 0 Å². The fourth-order valence-corrected chi connectivity index (χ4v) is 3.90. The van der Waals surface area contributed by atoms with Gasteiger partial charge in [0, 0.05) is 30.1 Å². The second-order valence-corrected chi connectivity index (χ2v) is 7.85. The van der Waals surface area contributed by atoms with Crippen molar-refractivity contribution >= 4 is 17.6 Å². The molecule has 0 aliphatic carbocycles. The van der Waals surface area contributed by atoms with Gasteiger partial charge in [-0.2, -0.15) is 0 Å². The largest absolute Gasteiger partial charge is 0.496 e. The fraction of sp³-hybridized carbons (Fsp3) is 0.565. The highest BCUT2D eigenvalue weighted by Gasteiger charge is 2.34. The summed E-state index contributed by atoms with van der Waals surface area (Å²) in [5.74, 6) is -0.308. The first-order valence-electron chi connectivity index (χ1n) is 10.3. The molecule has 0 unspecified atom stereocenters. The van der Waals surface area contributed by atoms with E-state index < -0.39 is 5.97 Å². The highest BCUT2D eigenvalue weighted by molar-refractivity contribution is 6.02. The number of methoxy groups -OCH3 is 1. The van der Waals surface area contributed by atoms with Crippen LogP contribution in [-0.2, 0) is 22.6 Å². The highest BCUT2D eigenvalue weighted by Crippen LogP contribution is 2.43. The van der Waals surface area contributed by atoms with Gasteiger partial charge in [0.15, 0.2) is 0 Å². The number of nitrogens with zero attached hydrogens (tertiary/aromatic N) is 1. The van der Waals surface area contributed by atoms with E-state index in [1.54, 1.807) is 7.11 Å². The monoisotopic (exact) mass is 403 g/mol. The quantitative estimate of drug-likeness (QED) is 0.453. The molecule has 1 N–H and O–H groups in total. The standard InChI is InChI=1S/C23H33NO5/c1-7-12-24(14(2)3)21-17(10-8-15(4)9-11-19(25)26)22(28-6)16(5)18-13-29-23(27)20(18)21/h8,14H,7,9-13H2,1-6H3,(H,25,26)/b15-8+. The minimum absolute atomic E-state index is 0.107. The Balaban J connectivity index is 2.65. The highest BCUT2D eigenvalue weighted by atomic mass is 16.5. The van der Waals surface area contributed by atoms with Gasteiger partial charge in [-0.25, -0.2) is 4.79 Å². The van der Waals surface area contributed by atoms with Gasteiger partial charge in [-0.1, -0.05) is 18.6 Å². The Morgan fingerprint density at radius 2 is 2.03 bits per heavy atom. The van der Waals surface area contributed by atoms with Crippen molar-refractivity contribution in [3.63, 3.8) is 0 Å². The van der Waals surface area contributed by atoms with Gasteiger partial charge in [0.1, 0.15) is 12.4 Å². The lowest BCUT2D eigenvalue weighted by molar-refractivity contribution is -0.136. The van der Waals surface area contributed by atoms with Crippen molar-refractivity contribution in [2.75, 3.05) is 18.6 Å². The van der Waals surface area contributed by atoms with Crippen LogP contribution in [0.15, 0.2) is 11.6 Å². The van der Waals surface area contributed by atoms with Crippen molar-refractivity contribution in [2.24, 2.45) is 0 Å². The van der Waals surface area contributed by atoms with E-state index in [0.29, 0.717) is 18.4 Å². The second kappa shape index (κ2) is 9.81. The molecule has 0 amide bonds. The molecule has 1 aromatic carbocycles. The molecule has 0 saturated carbocycles. The summed E-state index contributed by atoms with van der Waals surface area (Å²) in [4.78, 5) is 25.8. The number of carbonyl (C=O) groups excluding carboxylic acids is 1. The zero-order chi connectivity index (χ0) is 21.7. The van der Waals surface area contributed by atoms with Crippen LogP contribution < -0.4 is 9.64 Å². The number of cyclic esters (lactones) is 1. The van der Waals surface area contributed by atoms with E-state index in [2.05, 4.69) is 25.7 Å². The molecule has 0 bridgehead atoms. The van der Waals surface area contributed by atoms with Gasteiger partial charge < -0.3 is 19.5 Å².